The van der Waals surface area contributed by atoms with Gasteiger partial charge in [0.25, 0.3) is 5.91 Å². The van der Waals surface area contributed by atoms with Gasteiger partial charge in [0.05, 0.1) is 6.61 Å². The molecule has 0 fully saturated rings. The third-order valence-electron chi connectivity index (χ3n) is 3.70. The number of nitrogens with zero attached hydrogens (tertiary/aromatic N) is 1. The fourth-order valence-corrected chi connectivity index (χ4v) is 2.63. The van der Waals surface area contributed by atoms with E-state index in [0.29, 0.717) is 30.9 Å². The molecule has 136 valence electrons. The van der Waals surface area contributed by atoms with E-state index in [1.807, 2.05) is 31.2 Å². The van der Waals surface area contributed by atoms with Crippen LogP contribution in [-0.2, 0) is 11.3 Å². The first-order valence-corrected chi connectivity index (χ1v) is 8.53. The summed E-state index contributed by atoms with van der Waals surface area (Å²) in [6.45, 7) is 8.49. The molecule has 0 bridgehead atoms. The van der Waals surface area contributed by atoms with Gasteiger partial charge in [0.2, 0.25) is 5.91 Å². The number of hydrogen-bond donors (Lipinski definition) is 1. The zero-order chi connectivity index (χ0) is 18.9. The predicted octanol–water partition coefficient (Wildman–Crippen LogP) is 3.87. The molecule has 5 nitrogen and oxygen atoms in total. The van der Waals surface area contributed by atoms with Gasteiger partial charge >= 0.3 is 0 Å². The molecule has 0 spiro atoms. The molecule has 0 aromatic heterocycles. The Kier molecular flexibility index (Phi) is 6.97. The van der Waals surface area contributed by atoms with Crippen LogP contribution in [0.2, 0.25) is 0 Å². The first kappa shape index (κ1) is 19.2. The molecule has 0 heterocycles. The summed E-state index contributed by atoms with van der Waals surface area (Å²) in [5.41, 5.74) is 2.03. The first-order valence-electron chi connectivity index (χ1n) is 8.53. The summed E-state index contributed by atoms with van der Waals surface area (Å²) in [5, 5.41) is 2.70. The highest BCUT2D eigenvalue weighted by molar-refractivity contribution is 5.96. The van der Waals surface area contributed by atoms with E-state index in [1.54, 1.807) is 35.2 Å². The summed E-state index contributed by atoms with van der Waals surface area (Å²) >= 11 is 0. The summed E-state index contributed by atoms with van der Waals surface area (Å²) in [6, 6.07) is 14.6. The minimum absolute atomic E-state index is 0.136. The number of anilines is 1. The molecular formula is C21H24N2O3. The minimum atomic E-state index is -0.178. The van der Waals surface area contributed by atoms with Crippen LogP contribution in [0.15, 0.2) is 61.2 Å². The second-order valence-corrected chi connectivity index (χ2v) is 5.78. The van der Waals surface area contributed by atoms with Crippen LogP contribution in [0.1, 0.15) is 29.8 Å². The molecule has 0 aliphatic heterocycles. The van der Waals surface area contributed by atoms with Crippen molar-refractivity contribution in [1.29, 1.82) is 0 Å². The number of hydrogen-bond acceptors (Lipinski definition) is 3. The molecule has 0 saturated carbocycles. The molecule has 2 amide bonds. The first-order chi connectivity index (χ1) is 12.5. The van der Waals surface area contributed by atoms with Gasteiger partial charge in [0, 0.05) is 36.8 Å². The summed E-state index contributed by atoms with van der Waals surface area (Å²) in [4.78, 5) is 25.9. The van der Waals surface area contributed by atoms with Crippen molar-refractivity contribution in [2.24, 2.45) is 0 Å². The Morgan fingerprint density at radius 3 is 2.65 bits per heavy atom. The van der Waals surface area contributed by atoms with Gasteiger partial charge in [-0.3, -0.25) is 9.59 Å². The zero-order valence-electron chi connectivity index (χ0n) is 15.2. The van der Waals surface area contributed by atoms with Gasteiger partial charge < -0.3 is 15.0 Å². The van der Waals surface area contributed by atoms with Gasteiger partial charge in [-0.2, -0.15) is 0 Å². The van der Waals surface area contributed by atoms with Crippen molar-refractivity contribution in [2.75, 3.05) is 18.5 Å². The summed E-state index contributed by atoms with van der Waals surface area (Å²) in [7, 11) is 0. The summed E-state index contributed by atoms with van der Waals surface area (Å²) < 4.78 is 5.65. The smallest absolute Gasteiger partial charge is 0.254 e. The quantitative estimate of drug-likeness (QED) is 0.734. The van der Waals surface area contributed by atoms with Crippen LogP contribution in [0.4, 0.5) is 5.69 Å². The Balaban J connectivity index is 2.25. The molecule has 0 saturated heterocycles. The fraction of sp³-hybridized carbons (Fsp3) is 0.238. The lowest BCUT2D eigenvalue weighted by atomic mass is 10.1. The van der Waals surface area contributed by atoms with Crippen molar-refractivity contribution in [3.05, 3.63) is 72.3 Å². The van der Waals surface area contributed by atoms with Crippen LogP contribution < -0.4 is 10.1 Å². The van der Waals surface area contributed by atoms with Crippen LogP contribution in [0, 0.1) is 0 Å². The normalized spacial score (nSPS) is 10.1. The Morgan fingerprint density at radius 1 is 1.19 bits per heavy atom. The molecular weight excluding hydrogens is 328 g/mol. The molecule has 1 N–H and O–H groups in total. The standard InChI is InChI=1S/C21H24N2O3/c1-4-13-23(15-18-9-6-7-12-20(18)26-5-2)21(25)17-10-8-11-19(14-17)22-16(3)24/h4,6-12,14H,1,5,13,15H2,2-3H3,(H,22,24). The molecule has 26 heavy (non-hydrogen) atoms. The summed E-state index contributed by atoms with van der Waals surface area (Å²) in [5.74, 6) is 0.454. The SMILES string of the molecule is C=CCN(Cc1ccccc1OCC)C(=O)c1cccc(NC(C)=O)c1. The van der Waals surface area contributed by atoms with Gasteiger partial charge in [-0.15, -0.1) is 6.58 Å². The Hall–Kier alpha value is -3.08. The van der Waals surface area contributed by atoms with Crippen LogP contribution >= 0.6 is 0 Å². The molecule has 0 aliphatic rings. The van der Waals surface area contributed by atoms with E-state index in [4.69, 9.17) is 4.74 Å². The topological polar surface area (TPSA) is 58.6 Å². The highest BCUT2D eigenvalue weighted by Gasteiger charge is 2.17. The van der Waals surface area contributed by atoms with Crippen LogP contribution in [0.5, 0.6) is 5.75 Å². The molecule has 2 rings (SSSR count). The molecule has 0 radical (unpaired) electrons. The third kappa shape index (κ3) is 5.21. The molecule has 0 atom stereocenters. The maximum absolute atomic E-state index is 13.0. The number of para-hydroxylation sites is 1. The molecule has 2 aromatic carbocycles. The lowest BCUT2D eigenvalue weighted by molar-refractivity contribution is -0.114. The van der Waals surface area contributed by atoms with E-state index in [9.17, 15) is 9.59 Å². The van der Waals surface area contributed by atoms with E-state index >= 15 is 0 Å². The largest absolute Gasteiger partial charge is 0.494 e. The van der Waals surface area contributed by atoms with Crippen molar-refractivity contribution in [2.45, 2.75) is 20.4 Å². The Labute approximate surface area is 154 Å². The number of rotatable bonds is 8. The van der Waals surface area contributed by atoms with Gasteiger partial charge in [-0.05, 0) is 31.2 Å². The van der Waals surface area contributed by atoms with E-state index in [0.717, 1.165) is 11.3 Å². The Bertz CT molecular complexity index is 786. The summed E-state index contributed by atoms with van der Waals surface area (Å²) in [6.07, 6.45) is 1.69. The highest BCUT2D eigenvalue weighted by atomic mass is 16.5. The number of carbonyl (C=O) groups is 2. The lowest BCUT2D eigenvalue weighted by Gasteiger charge is -2.23. The van der Waals surface area contributed by atoms with E-state index in [-0.39, 0.29) is 11.8 Å². The molecule has 5 heteroatoms. The predicted molar refractivity (Wildman–Crippen MR) is 103 cm³/mol. The second kappa shape index (κ2) is 9.42. The van der Waals surface area contributed by atoms with Crippen molar-refractivity contribution in [1.82, 2.24) is 4.90 Å². The third-order valence-corrected chi connectivity index (χ3v) is 3.70. The van der Waals surface area contributed by atoms with Crippen molar-refractivity contribution >= 4 is 17.5 Å². The number of nitrogens with one attached hydrogen (secondary N) is 1. The number of benzene rings is 2. The highest BCUT2D eigenvalue weighted by Crippen LogP contribution is 2.21. The molecule has 0 aliphatic carbocycles. The molecule has 2 aromatic rings. The average Bonchev–Trinajstić information content (AvgIpc) is 2.62. The second-order valence-electron chi connectivity index (χ2n) is 5.78. The number of amides is 2. The Morgan fingerprint density at radius 2 is 1.96 bits per heavy atom. The molecule has 0 unspecified atom stereocenters. The maximum Gasteiger partial charge on any atom is 0.254 e. The fourth-order valence-electron chi connectivity index (χ4n) is 2.63. The minimum Gasteiger partial charge on any atom is -0.494 e. The van der Waals surface area contributed by atoms with Crippen LogP contribution in [0.3, 0.4) is 0 Å². The average molecular weight is 352 g/mol. The van der Waals surface area contributed by atoms with E-state index in [1.165, 1.54) is 6.92 Å². The monoisotopic (exact) mass is 352 g/mol. The van der Waals surface area contributed by atoms with Gasteiger partial charge in [0.1, 0.15) is 5.75 Å². The van der Waals surface area contributed by atoms with Gasteiger partial charge in [-0.25, -0.2) is 0 Å². The van der Waals surface area contributed by atoms with Crippen molar-refractivity contribution in [3.8, 4) is 5.75 Å². The number of ether oxygens (including phenoxy) is 1. The van der Waals surface area contributed by atoms with Crippen molar-refractivity contribution < 1.29 is 14.3 Å². The van der Waals surface area contributed by atoms with E-state index < -0.39 is 0 Å². The zero-order valence-corrected chi connectivity index (χ0v) is 15.2. The number of carbonyl (C=O) groups excluding carboxylic acids is 2. The van der Waals surface area contributed by atoms with Crippen molar-refractivity contribution in [3.63, 3.8) is 0 Å². The van der Waals surface area contributed by atoms with Crippen LogP contribution in [0.25, 0.3) is 0 Å². The lowest BCUT2D eigenvalue weighted by Crippen LogP contribution is -2.31. The van der Waals surface area contributed by atoms with E-state index in [2.05, 4.69) is 11.9 Å². The maximum atomic E-state index is 13.0. The van der Waals surface area contributed by atoms with Crippen LogP contribution in [-0.4, -0.2) is 29.9 Å². The van der Waals surface area contributed by atoms with Gasteiger partial charge in [0.15, 0.2) is 0 Å². The van der Waals surface area contributed by atoms with Gasteiger partial charge in [-0.1, -0.05) is 30.3 Å².